The van der Waals surface area contributed by atoms with E-state index in [2.05, 4.69) is 4.98 Å². The van der Waals surface area contributed by atoms with Crippen LogP contribution in [-0.2, 0) is 16.1 Å². The highest BCUT2D eigenvalue weighted by molar-refractivity contribution is 5.85. The SMILES string of the molecule is CC(C)N(CC(=O)O)C(=O)CN(Cc1cccnc1)c1ccccc1. The molecule has 0 unspecified atom stereocenters. The number of carbonyl (C=O) groups excluding carboxylic acids is 1. The summed E-state index contributed by atoms with van der Waals surface area (Å²) in [5.41, 5.74) is 1.88. The summed E-state index contributed by atoms with van der Waals surface area (Å²) < 4.78 is 0. The van der Waals surface area contributed by atoms with Crippen molar-refractivity contribution in [3.05, 3.63) is 60.4 Å². The molecule has 0 aliphatic heterocycles. The van der Waals surface area contributed by atoms with Crippen molar-refractivity contribution in [3.8, 4) is 0 Å². The van der Waals surface area contributed by atoms with Gasteiger partial charge in [0, 0.05) is 30.7 Å². The monoisotopic (exact) mass is 341 g/mol. The van der Waals surface area contributed by atoms with E-state index in [0.717, 1.165) is 11.3 Å². The van der Waals surface area contributed by atoms with Crippen LogP contribution < -0.4 is 4.90 Å². The zero-order valence-corrected chi connectivity index (χ0v) is 14.5. The summed E-state index contributed by atoms with van der Waals surface area (Å²) in [7, 11) is 0. The molecule has 1 heterocycles. The Morgan fingerprint density at radius 2 is 1.80 bits per heavy atom. The van der Waals surface area contributed by atoms with E-state index in [0.29, 0.717) is 6.54 Å². The van der Waals surface area contributed by atoms with Gasteiger partial charge in [0.1, 0.15) is 6.54 Å². The second-order valence-corrected chi connectivity index (χ2v) is 6.06. The van der Waals surface area contributed by atoms with E-state index in [1.807, 2.05) is 61.2 Å². The summed E-state index contributed by atoms with van der Waals surface area (Å²) in [4.78, 5) is 31.2. The van der Waals surface area contributed by atoms with Gasteiger partial charge in [-0.25, -0.2) is 0 Å². The molecular formula is C19H23N3O3. The first-order valence-corrected chi connectivity index (χ1v) is 8.17. The molecule has 1 N–H and O–H groups in total. The van der Waals surface area contributed by atoms with Gasteiger partial charge in [-0.3, -0.25) is 14.6 Å². The van der Waals surface area contributed by atoms with E-state index in [9.17, 15) is 9.59 Å². The van der Waals surface area contributed by atoms with Crippen LogP contribution in [0.2, 0.25) is 0 Å². The number of pyridine rings is 1. The van der Waals surface area contributed by atoms with Gasteiger partial charge in [0.25, 0.3) is 0 Å². The molecule has 2 aromatic rings. The van der Waals surface area contributed by atoms with E-state index in [1.54, 1.807) is 12.4 Å². The molecule has 0 spiro atoms. The number of para-hydroxylation sites is 1. The molecule has 0 saturated heterocycles. The third kappa shape index (κ3) is 5.60. The van der Waals surface area contributed by atoms with Crippen molar-refractivity contribution in [1.82, 2.24) is 9.88 Å². The van der Waals surface area contributed by atoms with Gasteiger partial charge in [0.15, 0.2) is 0 Å². The topological polar surface area (TPSA) is 73.7 Å². The summed E-state index contributed by atoms with van der Waals surface area (Å²) >= 11 is 0. The molecule has 0 bridgehead atoms. The predicted octanol–water partition coefficient (Wildman–Crippen LogP) is 2.41. The highest BCUT2D eigenvalue weighted by Crippen LogP contribution is 2.17. The molecular weight excluding hydrogens is 318 g/mol. The fraction of sp³-hybridized carbons (Fsp3) is 0.316. The predicted molar refractivity (Wildman–Crippen MR) is 96.2 cm³/mol. The summed E-state index contributed by atoms with van der Waals surface area (Å²) in [6.07, 6.45) is 3.47. The first kappa shape index (κ1) is 18.4. The van der Waals surface area contributed by atoms with Crippen LogP contribution in [0.25, 0.3) is 0 Å². The smallest absolute Gasteiger partial charge is 0.323 e. The van der Waals surface area contributed by atoms with Crippen molar-refractivity contribution in [2.45, 2.75) is 26.4 Å². The number of aliphatic carboxylic acids is 1. The molecule has 25 heavy (non-hydrogen) atoms. The average molecular weight is 341 g/mol. The lowest BCUT2D eigenvalue weighted by Gasteiger charge is -2.30. The summed E-state index contributed by atoms with van der Waals surface area (Å²) in [5.74, 6) is -1.23. The van der Waals surface area contributed by atoms with Gasteiger partial charge >= 0.3 is 5.97 Å². The Morgan fingerprint density at radius 3 is 2.36 bits per heavy atom. The van der Waals surface area contributed by atoms with Gasteiger partial charge in [-0.2, -0.15) is 0 Å². The molecule has 1 amide bonds. The van der Waals surface area contributed by atoms with E-state index >= 15 is 0 Å². The van der Waals surface area contributed by atoms with Gasteiger partial charge in [0.2, 0.25) is 5.91 Å². The number of carboxylic acids is 1. The largest absolute Gasteiger partial charge is 0.480 e. The summed E-state index contributed by atoms with van der Waals surface area (Å²) in [6, 6.07) is 13.2. The van der Waals surface area contributed by atoms with E-state index < -0.39 is 5.97 Å². The third-order valence-corrected chi connectivity index (χ3v) is 3.79. The second kappa shape index (κ2) is 8.82. The lowest BCUT2D eigenvalue weighted by atomic mass is 10.2. The van der Waals surface area contributed by atoms with Crippen molar-refractivity contribution >= 4 is 17.6 Å². The quantitative estimate of drug-likeness (QED) is 0.798. The lowest BCUT2D eigenvalue weighted by Crippen LogP contribution is -2.46. The molecule has 2 rings (SSSR count). The number of hydrogen-bond acceptors (Lipinski definition) is 4. The Bertz CT molecular complexity index is 690. The van der Waals surface area contributed by atoms with Crippen LogP contribution in [-0.4, -0.2) is 46.0 Å². The summed E-state index contributed by atoms with van der Waals surface area (Å²) in [5, 5.41) is 9.05. The number of hydrogen-bond donors (Lipinski definition) is 1. The van der Waals surface area contributed by atoms with Crippen LogP contribution in [0.1, 0.15) is 19.4 Å². The number of carboxylic acid groups (broad SMARTS) is 1. The van der Waals surface area contributed by atoms with Crippen molar-refractivity contribution in [3.63, 3.8) is 0 Å². The number of nitrogens with zero attached hydrogens (tertiary/aromatic N) is 3. The zero-order valence-electron chi connectivity index (χ0n) is 14.5. The Kier molecular flexibility index (Phi) is 6.51. The fourth-order valence-electron chi connectivity index (χ4n) is 2.55. The normalized spacial score (nSPS) is 10.5. The van der Waals surface area contributed by atoms with Gasteiger partial charge in [0.05, 0.1) is 6.54 Å². The highest BCUT2D eigenvalue weighted by atomic mass is 16.4. The average Bonchev–Trinajstić information content (AvgIpc) is 2.60. The molecule has 132 valence electrons. The minimum absolute atomic E-state index is 0.102. The molecule has 0 radical (unpaired) electrons. The number of rotatable bonds is 8. The number of anilines is 1. The second-order valence-electron chi connectivity index (χ2n) is 6.06. The van der Waals surface area contributed by atoms with E-state index in [-0.39, 0.29) is 25.0 Å². The molecule has 6 nitrogen and oxygen atoms in total. The zero-order chi connectivity index (χ0) is 18.2. The molecule has 0 aliphatic rings. The molecule has 0 aliphatic carbocycles. The minimum atomic E-state index is -1.01. The lowest BCUT2D eigenvalue weighted by molar-refractivity contribution is -0.145. The van der Waals surface area contributed by atoms with Crippen LogP contribution in [0.3, 0.4) is 0 Å². The maximum Gasteiger partial charge on any atom is 0.323 e. The summed E-state index contributed by atoms with van der Waals surface area (Å²) in [6.45, 7) is 3.95. The molecule has 1 aromatic heterocycles. The first-order valence-electron chi connectivity index (χ1n) is 8.17. The Morgan fingerprint density at radius 1 is 1.08 bits per heavy atom. The van der Waals surface area contributed by atoms with Gasteiger partial charge in [-0.1, -0.05) is 24.3 Å². The van der Waals surface area contributed by atoms with E-state index in [1.165, 1.54) is 4.90 Å². The van der Waals surface area contributed by atoms with Crippen molar-refractivity contribution < 1.29 is 14.7 Å². The number of aromatic nitrogens is 1. The van der Waals surface area contributed by atoms with Crippen LogP contribution in [0.15, 0.2) is 54.9 Å². The standard InChI is InChI=1S/C19H23N3O3/c1-15(2)22(14-19(24)25)18(23)13-21(17-8-4-3-5-9-17)12-16-7-6-10-20-11-16/h3-11,15H,12-14H2,1-2H3,(H,24,25). The van der Waals surface area contributed by atoms with Crippen LogP contribution in [0.4, 0.5) is 5.69 Å². The first-order chi connectivity index (χ1) is 12.0. The van der Waals surface area contributed by atoms with Gasteiger partial charge in [-0.15, -0.1) is 0 Å². The molecule has 0 atom stereocenters. The van der Waals surface area contributed by atoms with Crippen LogP contribution in [0.5, 0.6) is 0 Å². The van der Waals surface area contributed by atoms with Gasteiger partial charge in [-0.05, 0) is 37.6 Å². The molecule has 0 fully saturated rings. The Hall–Kier alpha value is -2.89. The maximum atomic E-state index is 12.7. The van der Waals surface area contributed by atoms with Crippen molar-refractivity contribution in [1.29, 1.82) is 0 Å². The number of carbonyl (C=O) groups is 2. The molecule has 1 aromatic carbocycles. The number of benzene rings is 1. The minimum Gasteiger partial charge on any atom is -0.480 e. The Labute approximate surface area is 147 Å². The third-order valence-electron chi connectivity index (χ3n) is 3.79. The Balaban J connectivity index is 2.20. The molecule has 0 saturated carbocycles. The van der Waals surface area contributed by atoms with Crippen molar-refractivity contribution in [2.75, 3.05) is 18.0 Å². The maximum absolute atomic E-state index is 12.7. The molecule has 6 heteroatoms. The highest BCUT2D eigenvalue weighted by Gasteiger charge is 2.22. The van der Waals surface area contributed by atoms with Crippen LogP contribution >= 0.6 is 0 Å². The fourth-order valence-corrected chi connectivity index (χ4v) is 2.55. The van der Waals surface area contributed by atoms with Crippen molar-refractivity contribution in [2.24, 2.45) is 0 Å². The van der Waals surface area contributed by atoms with Gasteiger partial charge < -0.3 is 14.9 Å². The van der Waals surface area contributed by atoms with E-state index in [4.69, 9.17) is 5.11 Å². The number of amides is 1. The van der Waals surface area contributed by atoms with Crippen LogP contribution in [0, 0.1) is 0 Å².